The van der Waals surface area contributed by atoms with Gasteiger partial charge in [0.05, 0.1) is 4.88 Å². The lowest BCUT2D eigenvalue weighted by molar-refractivity contribution is 0.0786. The van der Waals surface area contributed by atoms with E-state index in [4.69, 9.17) is 0 Å². The molecule has 0 spiro atoms. The zero-order chi connectivity index (χ0) is 14.2. The normalized spacial score (nSPS) is 27.5. The molecule has 1 N–H and O–H groups in total. The lowest BCUT2D eigenvalue weighted by Gasteiger charge is -2.16. The molecule has 2 fully saturated rings. The molecule has 4 rings (SSSR count). The van der Waals surface area contributed by atoms with E-state index in [2.05, 4.69) is 16.3 Å². The second-order valence-corrected chi connectivity index (χ2v) is 8.00. The van der Waals surface area contributed by atoms with Crippen molar-refractivity contribution in [2.24, 2.45) is 11.8 Å². The summed E-state index contributed by atoms with van der Waals surface area (Å²) in [5, 5.41) is 3.44. The molecule has 0 unspecified atom stereocenters. The third-order valence-corrected chi connectivity index (χ3v) is 6.61. The molecule has 0 bridgehead atoms. The smallest absolute Gasteiger partial charge is 0.263 e. The average Bonchev–Trinajstić information content (AvgIpc) is 3.11. The third kappa shape index (κ3) is 3.06. The summed E-state index contributed by atoms with van der Waals surface area (Å²) in [5.41, 5.74) is 1.46. The summed E-state index contributed by atoms with van der Waals surface area (Å²) in [6, 6.07) is 2.21. The Morgan fingerprint density at radius 1 is 1.09 bits per heavy atom. The van der Waals surface area contributed by atoms with Crippen LogP contribution in [0.4, 0.5) is 0 Å². The van der Waals surface area contributed by atoms with Gasteiger partial charge in [-0.15, -0.1) is 23.7 Å². The van der Waals surface area contributed by atoms with Gasteiger partial charge in [-0.2, -0.15) is 0 Å². The van der Waals surface area contributed by atoms with Crippen LogP contribution in [-0.4, -0.2) is 37.0 Å². The van der Waals surface area contributed by atoms with Crippen LogP contribution in [0.15, 0.2) is 6.07 Å². The molecule has 1 aromatic heterocycles. The van der Waals surface area contributed by atoms with Gasteiger partial charge in [0.2, 0.25) is 0 Å². The quantitative estimate of drug-likeness (QED) is 0.852. The van der Waals surface area contributed by atoms with E-state index in [1.807, 2.05) is 0 Å². The standard InChI is InChI=1S/C17H24N2OS.ClH/c20-17(19-10-13-8-18-9-14(13)11-19)16-7-12-5-3-1-2-4-6-15(12)21-16;/h7,13-14,18H,1-6,8-11H2;1H/t13-,14+;. The molecule has 1 aromatic rings. The van der Waals surface area contributed by atoms with Crippen LogP contribution in [0.2, 0.25) is 0 Å². The molecule has 2 saturated heterocycles. The van der Waals surface area contributed by atoms with Crippen LogP contribution in [0.1, 0.15) is 45.8 Å². The second-order valence-electron chi connectivity index (χ2n) is 6.86. The number of nitrogens with zero attached hydrogens (tertiary/aromatic N) is 1. The summed E-state index contributed by atoms with van der Waals surface area (Å²) in [7, 11) is 0. The summed E-state index contributed by atoms with van der Waals surface area (Å²) in [5.74, 6) is 1.67. The Labute approximate surface area is 142 Å². The number of likely N-dealkylation sites (tertiary alicyclic amines) is 1. The Morgan fingerprint density at radius 3 is 2.50 bits per heavy atom. The highest BCUT2D eigenvalue weighted by molar-refractivity contribution is 7.14. The van der Waals surface area contributed by atoms with Crippen molar-refractivity contribution in [2.45, 2.75) is 38.5 Å². The lowest BCUT2D eigenvalue weighted by atomic mass is 10.00. The van der Waals surface area contributed by atoms with E-state index in [-0.39, 0.29) is 12.4 Å². The molecule has 2 atom stereocenters. The number of hydrogen-bond donors (Lipinski definition) is 1. The first-order chi connectivity index (χ1) is 10.3. The number of halogens is 1. The van der Waals surface area contributed by atoms with E-state index in [1.54, 1.807) is 11.3 Å². The molecule has 1 amide bonds. The third-order valence-electron chi connectivity index (χ3n) is 5.38. The zero-order valence-electron chi connectivity index (χ0n) is 13.0. The van der Waals surface area contributed by atoms with Crippen molar-refractivity contribution in [1.29, 1.82) is 0 Å². The molecule has 3 nitrogen and oxygen atoms in total. The number of amides is 1. The van der Waals surface area contributed by atoms with Crippen LogP contribution in [0.25, 0.3) is 0 Å². The molecule has 2 aliphatic heterocycles. The maximum atomic E-state index is 12.8. The Balaban J connectivity index is 0.00000144. The van der Waals surface area contributed by atoms with Gasteiger partial charge in [0, 0.05) is 31.1 Å². The minimum absolute atomic E-state index is 0. The highest BCUT2D eigenvalue weighted by Crippen LogP contribution is 2.32. The number of hydrogen-bond acceptors (Lipinski definition) is 3. The summed E-state index contributed by atoms with van der Waals surface area (Å²) in [4.78, 5) is 17.4. The Hall–Kier alpha value is -0.580. The molecule has 5 heteroatoms. The van der Waals surface area contributed by atoms with E-state index in [1.165, 1.54) is 49.0 Å². The molecule has 122 valence electrons. The molecular weight excluding hydrogens is 316 g/mol. The van der Waals surface area contributed by atoms with Gasteiger partial charge in [-0.1, -0.05) is 12.8 Å². The van der Waals surface area contributed by atoms with E-state index in [0.717, 1.165) is 31.1 Å². The lowest BCUT2D eigenvalue weighted by Crippen LogP contribution is -2.31. The maximum Gasteiger partial charge on any atom is 0.263 e. The number of rotatable bonds is 1. The number of thiophene rings is 1. The summed E-state index contributed by atoms with van der Waals surface area (Å²) in [6.45, 7) is 4.10. The minimum atomic E-state index is 0. The fraction of sp³-hybridized carbons (Fsp3) is 0.706. The number of carbonyl (C=O) groups excluding carboxylic acids is 1. The largest absolute Gasteiger partial charge is 0.337 e. The van der Waals surface area contributed by atoms with Gasteiger partial charge in [-0.3, -0.25) is 4.79 Å². The Bertz CT molecular complexity index is 507. The van der Waals surface area contributed by atoms with Gasteiger partial charge in [-0.05, 0) is 49.1 Å². The van der Waals surface area contributed by atoms with Gasteiger partial charge >= 0.3 is 0 Å². The molecular formula is C17H25ClN2OS. The van der Waals surface area contributed by atoms with Crippen LogP contribution < -0.4 is 5.32 Å². The molecule has 0 saturated carbocycles. The van der Waals surface area contributed by atoms with E-state index in [9.17, 15) is 4.79 Å². The van der Waals surface area contributed by atoms with Crippen molar-refractivity contribution in [2.75, 3.05) is 26.2 Å². The number of nitrogens with one attached hydrogen (secondary N) is 1. The first-order valence-electron chi connectivity index (χ1n) is 8.43. The van der Waals surface area contributed by atoms with Gasteiger partial charge in [0.15, 0.2) is 0 Å². The monoisotopic (exact) mass is 340 g/mol. The van der Waals surface area contributed by atoms with Gasteiger partial charge in [0.1, 0.15) is 0 Å². The molecule has 1 aliphatic carbocycles. The number of fused-ring (bicyclic) bond motifs is 2. The fourth-order valence-electron chi connectivity index (χ4n) is 4.13. The van der Waals surface area contributed by atoms with Crippen molar-refractivity contribution in [3.05, 3.63) is 21.4 Å². The average molecular weight is 341 g/mol. The van der Waals surface area contributed by atoms with Gasteiger partial charge in [0.25, 0.3) is 5.91 Å². The second kappa shape index (κ2) is 6.90. The summed E-state index contributed by atoms with van der Waals surface area (Å²) >= 11 is 1.77. The predicted molar refractivity (Wildman–Crippen MR) is 93.2 cm³/mol. The maximum absolute atomic E-state index is 12.8. The highest BCUT2D eigenvalue weighted by atomic mass is 35.5. The summed E-state index contributed by atoms with van der Waals surface area (Å²) < 4.78 is 0. The SMILES string of the molecule is Cl.O=C(c1cc2c(s1)CCCCCC2)N1C[C@H]2CNC[C@H]2C1. The van der Waals surface area contributed by atoms with Crippen LogP contribution in [0, 0.1) is 11.8 Å². The van der Waals surface area contributed by atoms with Crippen LogP contribution in [-0.2, 0) is 12.8 Å². The number of aryl methyl sites for hydroxylation is 2. The van der Waals surface area contributed by atoms with Gasteiger partial charge < -0.3 is 10.2 Å². The zero-order valence-corrected chi connectivity index (χ0v) is 14.6. The van der Waals surface area contributed by atoms with Crippen molar-refractivity contribution >= 4 is 29.7 Å². The van der Waals surface area contributed by atoms with Crippen molar-refractivity contribution < 1.29 is 4.79 Å². The van der Waals surface area contributed by atoms with E-state index >= 15 is 0 Å². The van der Waals surface area contributed by atoms with Crippen LogP contribution in [0.3, 0.4) is 0 Å². The molecule has 0 radical (unpaired) electrons. The summed E-state index contributed by atoms with van der Waals surface area (Å²) in [6.07, 6.45) is 7.64. The minimum Gasteiger partial charge on any atom is -0.337 e. The van der Waals surface area contributed by atoms with E-state index in [0.29, 0.717) is 17.7 Å². The molecule has 3 heterocycles. The van der Waals surface area contributed by atoms with Crippen molar-refractivity contribution in [3.63, 3.8) is 0 Å². The topological polar surface area (TPSA) is 32.3 Å². The van der Waals surface area contributed by atoms with Crippen molar-refractivity contribution in [3.8, 4) is 0 Å². The number of carbonyl (C=O) groups is 1. The molecule has 3 aliphatic rings. The molecule has 22 heavy (non-hydrogen) atoms. The first kappa shape index (κ1) is 16.3. The fourth-order valence-corrected chi connectivity index (χ4v) is 5.35. The van der Waals surface area contributed by atoms with Gasteiger partial charge in [-0.25, -0.2) is 0 Å². The molecule has 0 aromatic carbocycles. The van der Waals surface area contributed by atoms with Crippen molar-refractivity contribution in [1.82, 2.24) is 10.2 Å². The first-order valence-corrected chi connectivity index (χ1v) is 9.24. The van der Waals surface area contributed by atoms with Crippen LogP contribution >= 0.6 is 23.7 Å². The highest BCUT2D eigenvalue weighted by Gasteiger charge is 2.38. The Morgan fingerprint density at radius 2 is 1.77 bits per heavy atom. The van der Waals surface area contributed by atoms with Crippen LogP contribution in [0.5, 0.6) is 0 Å². The van der Waals surface area contributed by atoms with E-state index < -0.39 is 0 Å². The Kier molecular flexibility index (Phi) is 5.10. The predicted octanol–water partition coefficient (Wildman–Crippen LogP) is 3.12.